The maximum absolute atomic E-state index is 12.2. The van der Waals surface area contributed by atoms with Gasteiger partial charge in [-0.3, -0.25) is 9.89 Å². The van der Waals surface area contributed by atoms with Crippen molar-refractivity contribution in [2.45, 2.75) is 38.7 Å². The highest BCUT2D eigenvalue weighted by molar-refractivity contribution is 14.0. The highest BCUT2D eigenvalue weighted by atomic mass is 127. The number of guanidine groups is 1. The van der Waals surface area contributed by atoms with Crippen molar-refractivity contribution in [3.63, 3.8) is 0 Å². The van der Waals surface area contributed by atoms with Gasteiger partial charge in [0.05, 0.1) is 25.1 Å². The summed E-state index contributed by atoms with van der Waals surface area (Å²) in [6.45, 7) is 9.43. The second kappa shape index (κ2) is 15.6. The Balaban J connectivity index is 0.00000420. The minimum atomic E-state index is -3.33. The number of aliphatic imine (C=N–C) groups is 1. The summed E-state index contributed by atoms with van der Waals surface area (Å²) in [6.07, 6.45) is 4.05. The third-order valence-electron chi connectivity index (χ3n) is 4.82. The number of nitrogens with one attached hydrogen (secondary N) is 3. The standard InChI is InChI=1S/C18H37N5O4S.HI/c1-2-19-18(20-7-5-9-23-10-13-26-14-11-23)21-8-15-28(24,25)22-16-17-6-3-4-12-27-17;/h17,22H,2-16H2,1H3,(H2,19,20,21);1H. The third-order valence-corrected chi connectivity index (χ3v) is 6.17. The average Bonchev–Trinajstić information content (AvgIpc) is 2.71. The molecule has 3 N–H and O–H groups in total. The minimum Gasteiger partial charge on any atom is -0.379 e. The van der Waals surface area contributed by atoms with Crippen LogP contribution in [0.25, 0.3) is 0 Å². The van der Waals surface area contributed by atoms with Crippen molar-refractivity contribution in [1.82, 2.24) is 20.3 Å². The van der Waals surface area contributed by atoms with Gasteiger partial charge in [0.2, 0.25) is 10.0 Å². The summed E-state index contributed by atoms with van der Waals surface area (Å²) >= 11 is 0. The SMILES string of the molecule is CCNC(=NCCCN1CCOCC1)NCCS(=O)(=O)NCC1CCCCO1.I. The van der Waals surface area contributed by atoms with Crippen LogP contribution in [-0.4, -0.2) is 96.8 Å². The van der Waals surface area contributed by atoms with E-state index in [1.54, 1.807) is 0 Å². The molecule has 29 heavy (non-hydrogen) atoms. The molecule has 0 aromatic rings. The number of sulfonamides is 1. The van der Waals surface area contributed by atoms with E-state index < -0.39 is 10.0 Å². The van der Waals surface area contributed by atoms with Crippen LogP contribution in [0.2, 0.25) is 0 Å². The van der Waals surface area contributed by atoms with E-state index in [1.165, 1.54) is 0 Å². The van der Waals surface area contributed by atoms with Crippen LogP contribution in [0.3, 0.4) is 0 Å². The summed E-state index contributed by atoms with van der Waals surface area (Å²) in [6, 6.07) is 0. The second-order valence-electron chi connectivity index (χ2n) is 7.15. The Labute approximate surface area is 192 Å². The molecule has 2 heterocycles. The van der Waals surface area contributed by atoms with Gasteiger partial charge >= 0.3 is 0 Å². The lowest BCUT2D eigenvalue weighted by Gasteiger charge is -2.26. The molecule has 0 spiro atoms. The van der Waals surface area contributed by atoms with Gasteiger partial charge in [-0.1, -0.05) is 0 Å². The van der Waals surface area contributed by atoms with Gasteiger partial charge in [-0.15, -0.1) is 24.0 Å². The Morgan fingerprint density at radius 2 is 1.97 bits per heavy atom. The molecule has 2 rings (SSSR count). The number of nitrogens with zero attached hydrogens (tertiary/aromatic N) is 2. The Hall–Kier alpha value is -0.210. The monoisotopic (exact) mass is 547 g/mol. The summed E-state index contributed by atoms with van der Waals surface area (Å²) in [7, 11) is -3.33. The van der Waals surface area contributed by atoms with E-state index in [0.29, 0.717) is 25.6 Å². The van der Waals surface area contributed by atoms with E-state index in [1.807, 2.05) is 6.92 Å². The summed E-state index contributed by atoms with van der Waals surface area (Å²) < 4.78 is 37.9. The third kappa shape index (κ3) is 12.3. The number of ether oxygens (including phenoxy) is 2. The lowest BCUT2D eigenvalue weighted by molar-refractivity contribution is 0.0200. The molecular formula is C18H38IN5O4S. The first-order valence-corrected chi connectivity index (χ1v) is 12.2. The van der Waals surface area contributed by atoms with E-state index >= 15 is 0 Å². The smallest absolute Gasteiger partial charge is 0.213 e. The number of hydrogen-bond acceptors (Lipinski definition) is 6. The van der Waals surface area contributed by atoms with Gasteiger partial charge in [-0.2, -0.15) is 0 Å². The number of hydrogen-bond donors (Lipinski definition) is 3. The normalized spacial score (nSPS) is 21.4. The summed E-state index contributed by atoms with van der Waals surface area (Å²) in [5.41, 5.74) is 0. The van der Waals surface area contributed by atoms with Crippen LogP contribution in [-0.2, 0) is 19.5 Å². The Bertz CT molecular complexity index is 552. The van der Waals surface area contributed by atoms with Gasteiger partial charge in [0.25, 0.3) is 0 Å². The zero-order chi connectivity index (χ0) is 20.1. The fraction of sp³-hybridized carbons (Fsp3) is 0.944. The Morgan fingerprint density at radius 1 is 1.17 bits per heavy atom. The predicted octanol–water partition coefficient (Wildman–Crippen LogP) is 0.370. The topological polar surface area (TPSA) is 104 Å². The predicted molar refractivity (Wildman–Crippen MR) is 127 cm³/mol. The molecule has 0 aliphatic carbocycles. The summed E-state index contributed by atoms with van der Waals surface area (Å²) in [5, 5.41) is 6.27. The molecule has 0 bridgehead atoms. The molecule has 9 nitrogen and oxygen atoms in total. The number of rotatable bonds is 11. The number of morpholine rings is 1. The first kappa shape index (κ1) is 26.8. The summed E-state index contributed by atoms with van der Waals surface area (Å²) in [4.78, 5) is 6.92. The van der Waals surface area contributed by atoms with Gasteiger partial charge in [0.15, 0.2) is 5.96 Å². The fourth-order valence-corrected chi connectivity index (χ4v) is 4.17. The van der Waals surface area contributed by atoms with E-state index in [-0.39, 0.29) is 35.8 Å². The molecule has 0 amide bonds. The van der Waals surface area contributed by atoms with Gasteiger partial charge in [0, 0.05) is 52.4 Å². The van der Waals surface area contributed by atoms with E-state index in [2.05, 4.69) is 25.2 Å². The van der Waals surface area contributed by atoms with Crippen molar-refractivity contribution < 1.29 is 17.9 Å². The van der Waals surface area contributed by atoms with Crippen LogP contribution >= 0.6 is 24.0 Å². The van der Waals surface area contributed by atoms with Crippen LogP contribution in [0.5, 0.6) is 0 Å². The molecule has 0 aromatic carbocycles. The van der Waals surface area contributed by atoms with Crippen molar-refractivity contribution in [1.29, 1.82) is 0 Å². The van der Waals surface area contributed by atoms with Crippen molar-refractivity contribution in [3.8, 4) is 0 Å². The average molecular weight is 548 g/mol. The molecule has 172 valence electrons. The number of halogens is 1. The van der Waals surface area contributed by atoms with E-state index in [9.17, 15) is 8.42 Å². The van der Waals surface area contributed by atoms with Gasteiger partial charge in [-0.05, 0) is 32.6 Å². The lowest BCUT2D eigenvalue weighted by Crippen LogP contribution is -2.42. The molecule has 0 aromatic heterocycles. The first-order valence-electron chi connectivity index (χ1n) is 10.5. The molecule has 0 saturated carbocycles. The minimum absolute atomic E-state index is 0. The van der Waals surface area contributed by atoms with Crippen molar-refractivity contribution >= 4 is 40.0 Å². The van der Waals surface area contributed by atoms with Crippen LogP contribution < -0.4 is 15.4 Å². The van der Waals surface area contributed by atoms with Crippen LogP contribution in [0.4, 0.5) is 0 Å². The molecule has 1 unspecified atom stereocenters. The largest absolute Gasteiger partial charge is 0.379 e. The zero-order valence-corrected chi connectivity index (χ0v) is 20.7. The van der Waals surface area contributed by atoms with Crippen LogP contribution in [0, 0.1) is 0 Å². The van der Waals surface area contributed by atoms with E-state index in [4.69, 9.17) is 9.47 Å². The molecule has 1 atom stereocenters. The maximum atomic E-state index is 12.2. The summed E-state index contributed by atoms with van der Waals surface area (Å²) in [5.74, 6) is 0.674. The molecule has 2 saturated heterocycles. The van der Waals surface area contributed by atoms with E-state index in [0.717, 1.165) is 71.7 Å². The second-order valence-corrected chi connectivity index (χ2v) is 9.08. The molecule has 0 radical (unpaired) electrons. The maximum Gasteiger partial charge on any atom is 0.213 e. The highest BCUT2D eigenvalue weighted by Gasteiger charge is 2.17. The fourth-order valence-electron chi connectivity index (χ4n) is 3.22. The zero-order valence-electron chi connectivity index (χ0n) is 17.5. The highest BCUT2D eigenvalue weighted by Crippen LogP contribution is 2.11. The Morgan fingerprint density at radius 3 is 2.66 bits per heavy atom. The molecular weight excluding hydrogens is 509 g/mol. The Kier molecular flexibility index (Phi) is 14.4. The quantitative estimate of drug-likeness (QED) is 0.149. The lowest BCUT2D eigenvalue weighted by atomic mass is 10.1. The molecule has 11 heteroatoms. The first-order chi connectivity index (χ1) is 13.6. The van der Waals surface area contributed by atoms with Crippen LogP contribution in [0.15, 0.2) is 4.99 Å². The van der Waals surface area contributed by atoms with Crippen molar-refractivity contribution in [2.24, 2.45) is 4.99 Å². The van der Waals surface area contributed by atoms with Crippen molar-refractivity contribution in [2.75, 3.05) is 71.4 Å². The van der Waals surface area contributed by atoms with Crippen molar-refractivity contribution in [3.05, 3.63) is 0 Å². The van der Waals surface area contributed by atoms with Gasteiger partial charge in [-0.25, -0.2) is 13.1 Å². The van der Waals surface area contributed by atoms with Gasteiger partial charge < -0.3 is 20.1 Å². The van der Waals surface area contributed by atoms with Gasteiger partial charge in [0.1, 0.15) is 0 Å². The van der Waals surface area contributed by atoms with Crippen LogP contribution in [0.1, 0.15) is 32.6 Å². The molecule has 2 aliphatic rings. The molecule has 2 aliphatic heterocycles. The molecule has 2 fully saturated rings.